The van der Waals surface area contributed by atoms with Gasteiger partial charge in [-0.25, -0.2) is 0 Å². The molecule has 0 unspecified atom stereocenters. The van der Waals surface area contributed by atoms with Crippen molar-refractivity contribution < 1.29 is 19.1 Å². The molecule has 2 amide bonds. The normalized spacial score (nSPS) is 14.5. The molecule has 3 aromatic rings. The summed E-state index contributed by atoms with van der Waals surface area (Å²) in [6, 6.07) is 15.6. The Kier molecular flexibility index (Phi) is 7.01. The number of H-pyrrole nitrogens is 1. The minimum Gasteiger partial charge on any atom is -0.491 e. The van der Waals surface area contributed by atoms with E-state index in [1.165, 1.54) is 0 Å². The second kappa shape index (κ2) is 10.3. The van der Waals surface area contributed by atoms with Gasteiger partial charge in [0.2, 0.25) is 11.8 Å². The van der Waals surface area contributed by atoms with E-state index < -0.39 is 0 Å². The van der Waals surface area contributed by atoms with E-state index in [1.807, 2.05) is 48.5 Å². The highest BCUT2D eigenvalue weighted by molar-refractivity contribution is 6.00. The maximum absolute atomic E-state index is 12.7. The Bertz CT molecular complexity index is 1060. The molecule has 32 heavy (non-hydrogen) atoms. The van der Waals surface area contributed by atoms with Gasteiger partial charge in [0.15, 0.2) is 5.82 Å². The van der Waals surface area contributed by atoms with Crippen molar-refractivity contribution in [2.75, 3.05) is 31.6 Å². The number of hydrogen-bond acceptors (Lipinski definition) is 5. The Morgan fingerprint density at radius 3 is 2.66 bits per heavy atom. The van der Waals surface area contributed by atoms with Crippen molar-refractivity contribution in [3.8, 4) is 5.75 Å². The van der Waals surface area contributed by atoms with Gasteiger partial charge >= 0.3 is 0 Å². The number of ether oxygens (including phenoxy) is 2. The third-order valence-electron chi connectivity index (χ3n) is 5.69. The van der Waals surface area contributed by atoms with E-state index in [0.717, 1.165) is 16.5 Å². The first-order valence-corrected chi connectivity index (χ1v) is 10.9. The summed E-state index contributed by atoms with van der Waals surface area (Å²) >= 11 is 0. The summed E-state index contributed by atoms with van der Waals surface area (Å²) in [6.07, 6.45) is 1.33. The second-order valence-corrected chi connectivity index (χ2v) is 7.94. The highest BCUT2D eigenvalue weighted by Crippen LogP contribution is 2.26. The minimum absolute atomic E-state index is 0.0579. The zero-order valence-electron chi connectivity index (χ0n) is 18.2. The number of aromatic amines is 1. The lowest BCUT2D eigenvalue weighted by atomic mass is 9.96. The third kappa shape index (κ3) is 5.45. The molecule has 0 spiro atoms. The van der Waals surface area contributed by atoms with Crippen LogP contribution < -0.4 is 10.1 Å². The first-order valence-electron chi connectivity index (χ1n) is 10.9. The maximum Gasteiger partial charge on any atom is 0.228 e. The summed E-state index contributed by atoms with van der Waals surface area (Å²) in [7, 11) is 0. The molecule has 0 aliphatic carbocycles. The molecule has 2 aromatic carbocycles. The summed E-state index contributed by atoms with van der Waals surface area (Å²) < 4.78 is 11.4. The van der Waals surface area contributed by atoms with E-state index in [0.29, 0.717) is 57.3 Å². The van der Waals surface area contributed by atoms with Gasteiger partial charge in [-0.2, -0.15) is 5.10 Å². The molecule has 4 rings (SSSR count). The number of benzene rings is 2. The summed E-state index contributed by atoms with van der Waals surface area (Å²) in [5.74, 6) is 1.10. The van der Waals surface area contributed by atoms with Crippen LogP contribution in [0.25, 0.3) is 10.9 Å². The van der Waals surface area contributed by atoms with E-state index in [2.05, 4.69) is 15.5 Å². The quantitative estimate of drug-likeness (QED) is 0.528. The van der Waals surface area contributed by atoms with E-state index in [9.17, 15) is 9.59 Å². The lowest BCUT2D eigenvalue weighted by Gasteiger charge is -2.30. The number of fused-ring (bicyclic) bond motifs is 1. The van der Waals surface area contributed by atoms with Gasteiger partial charge in [0.05, 0.1) is 18.7 Å². The van der Waals surface area contributed by atoms with Gasteiger partial charge in [-0.15, -0.1) is 0 Å². The van der Waals surface area contributed by atoms with Crippen LogP contribution in [0.4, 0.5) is 5.82 Å². The van der Waals surface area contributed by atoms with E-state index >= 15 is 0 Å². The number of aromatic nitrogens is 2. The molecular formula is C24H28N4O4. The number of carbonyl (C=O) groups excluding carboxylic acids is 2. The van der Waals surface area contributed by atoms with Crippen molar-refractivity contribution in [2.24, 2.45) is 5.92 Å². The molecule has 1 aliphatic heterocycles. The average Bonchev–Trinajstić information content (AvgIpc) is 3.21. The number of nitrogens with one attached hydrogen (secondary N) is 2. The maximum atomic E-state index is 12.7. The Labute approximate surface area is 186 Å². The summed E-state index contributed by atoms with van der Waals surface area (Å²) in [5.41, 5.74) is 1.92. The monoisotopic (exact) mass is 436 g/mol. The summed E-state index contributed by atoms with van der Waals surface area (Å²) in [6.45, 7) is 4.27. The predicted molar refractivity (Wildman–Crippen MR) is 121 cm³/mol. The fourth-order valence-electron chi connectivity index (χ4n) is 3.84. The number of piperidine rings is 1. The second-order valence-electron chi connectivity index (χ2n) is 7.94. The Morgan fingerprint density at radius 2 is 1.91 bits per heavy atom. The molecule has 1 aromatic heterocycles. The van der Waals surface area contributed by atoms with E-state index in [4.69, 9.17) is 9.47 Å². The molecule has 0 atom stereocenters. The van der Waals surface area contributed by atoms with Gasteiger partial charge in [0, 0.05) is 37.4 Å². The van der Waals surface area contributed by atoms with Crippen LogP contribution in [-0.4, -0.2) is 53.2 Å². The molecule has 1 aliphatic rings. The van der Waals surface area contributed by atoms with Crippen molar-refractivity contribution in [1.82, 2.24) is 15.1 Å². The Morgan fingerprint density at radius 1 is 1.12 bits per heavy atom. The van der Waals surface area contributed by atoms with Crippen LogP contribution in [0.1, 0.15) is 25.3 Å². The fourth-order valence-corrected chi connectivity index (χ4v) is 3.84. The van der Waals surface area contributed by atoms with E-state index in [1.54, 1.807) is 11.8 Å². The Balaban J connectivity index is 1.26. The van der Waals surface area contributed by atoms with Crippen LogP contribution in [0.5, 0.6) is 5.75 Å². The number of likely N-dealkylation sites (tertiary alicyclic amines) is 1. The number of rotatable bonds is 8. The molecule has 0 radical (unpaired) electrons. The summed E-state index contributed by atoms with van der Waals surface area (Å²) in [5, 5.41) is 11.0. The number of carbonyl (C=O) groups is 2. The standard InChI is InChI=1S/C24H28N4O4/c1-17(29)28-11-9-19(10-12-28)24(30)25-23-21-8-7-20(15-22(21)26-27-23)32-14-13-31-16-18-5-3-2-4-6-18/h2-8,15,19H,9-14,16H2,1H3,(H2,25,26,27,30). The zero-order valence-corrected chi connectivity index (χ0v) is 18.2. The van der Waals surface area contributed by atoms with Gasteiger partial charge in [0.1, 0.15) is 12.4 Å². The molecule has 168 valence electrons. The van der Waals surface area contributed by atoms with Gasteiger partial charge in [0.25, 0.3) is 0 Å². The number of hydrogen-bond donors (Lipinski definition) is 2. The van der Waals surface area contributed by atoms with Crippen LogP contribution in [0.2, 0.25) is 0 Å². The molecule has 0 saturated carbocycles. The molecule has 1 fully saturated rings. The lowest BCUT2D eigenvalue weighted by molar-refractivity contribution is -0.132. The van der Waals surface area contributed by atoms with E-state index in [-0.39, 0.29) is 17.7 Å². The first kappa shape index (κ1) is 21.8. The van der Waals surface area contributed by atoms with Crippen molar-refractivity contribution in [2.45, 2.75) is 26.4 Å². The van der Waals surface area contributed by atoms with Crippen LogP contribution in [-0.2, 0) is 20.9 Å². The molecule has 2 N–H and O–H groups in total. The smallest absolute Gasteiger partial charge is 0.228 e. The highest BCUT2D eigenvalue weighted by atomic mass is 16.5. The first-order chi connectivity index (χ1) is 15.6. The zero-order chi connectivity index (χ0) is 22.3. The van der Waals surface area contributed by atoms with Crippen molar-refractivity contribution in [1.29, 1.82) is 0 Å². The molecular weight excluding hydrogens is 408 g/mol. The molecule has 1 saturated heterocycles. The SMILES string of the molecule is CC(=O)N1CCC(C(=O)Nc2n[nH]c3cc(OCCOCc4ccccc4)ccc23)CC1. The van der Waals surface area contributed by atoms with Crippen LogP contribution in [0.15, 0.2) is 48.5 Å². The molecule has 2 heterocycles. The molecule has 8 nitrogen and oxygen atoms in total. The molecule has 0 bridgehead atoms. The van der Waals surface area contributed by atoms with Gasteiger partial charge in [-0.1, -0.05) is 30.3 Å². The largest absolute Gasteiger partial charge is 0.491 e. The lowest BCUT2D eigenvalue weighted by Crippen LogP contribution is -2.40. The molecule has 8 heteroatoms. The van der Waals surface area contributed by atoms with Gasteiger partial charge < -0.3 is 19.7 Å². The third-order valence-corrected chi connectivity index (χ3v) is 5.69. The van der Waals surface area contributed by atoms with Crippen molar-refractivity contribution in [3.05, 3.63) is 54.1 Å². The minimum atomic E-state index is -0.115. The van der Waals surface area contributed by atoms with Crippen LogP contribution in [0, 0.1) is 5.92 Å². The van der Waals surface area contributed by atoms with Crippen LogP contribution >= 0.6 is 0 Å². The van der Waals surface area contributed by atoms with Gasteiger partial charge in [-0.3, -0.25) is 14.7 Å². The van der Waals surface area contributed by atoms with Crippen molar-refractivity contribution in [3.63, 3.8) is 0 Å². The number of anilines is 1. The number of amides is 2. The topological polar surface area (TPSA) is 96.6 Å². The highest BCUT2D eigenvalue weighted by Gasteiger charge is 2.26. The van der Waals surface area contributed by atoms with Crippen LogP contribution in [0.3, 0.4) is 0 Å². The number of nitrogens with zero attached hydrogens (tertiary/aromatic N) is 2. The van der Waals surface area contributed by atoms with Gasteiger partial charge in [-0.05, 0) is 30.5 Å². The Hall–Kier alpha value is -3.39. The predicted octanol–water partition coefficient (Wildman–Crippen LogP) is 3.36. The van der Waals surface area contributed by atoms with Crippen molar-refractivity contribution >= 4 is 28.5 Å². The fraction of sp³-hybridized carbons (Fsp3) is 0.375. The average molecular weight is 437 g/mol. The summed E-state index contributed by atoms with van der Waals surface area (Å²) in [4.78, 5) is 25.9.